The van der Waals surface area contributed by atoms with E-state index in [1.54, 1.807) is 12.1 Å². The number of rotatable bonds is 6. The minimum Gasteiger partial charge on any atom is -0.480 e. The normalized spacial score (nSPS) is 15.2. The van der Waals surface area contributed by atoms with Crippen LogP contribution in [0.3, 0.4) is 0 Å². The number of carbonyl (C=O) groups is 1. The summed E-state index contributed by atoms with van der Waals surface area (Å²) in [6.45, 7) is 0. The molecule has 0 saturated carbocycles. The SMILES string of the molecule is N[C@H](Cc1ccc(-c2nc3ccc(C4(c5ccccc5)C=C4)nc3s2)c(F)c1)C(=O)O. The molecular formula is C24H18FN3O2S. The highest BCUT2D eigenvalue weighted by atomic mass is 32.1. The van der Waals surface area contributed by atoms with E-state index in [2.05, 4.69) is 29.3 Å². The van der Waals surface area contributed by atoms with Crippen molar-refractivity contribution in [2.75, 3.05) is 0 Å². The number of nitrogens with zero attached hydrogens (tertiary/aromatic N) is 2. The van der Waals surface area contributed by atoms with Crippen LogP contribution in [0.2, 0.25) is 0 Å². The molecule has 0 unspecified atom stereocenters. The van der Waals surface area contributed by atoms with Crippen LogP contribution >= 0.6 is 11.3 Å². The highest BCUT2D eigenvalue weighted by Gasteiger charge is 2.39. The summed E-state index contributed by atoms with van der Waals surface area (Å²) in [5.74, 6) is -1.57. The van der Waals surface area contributed by atoms with Crippen LogP contribution in [-0.4, -0.2) is 27.1 Å². The van der Waals surface area contributed by atoms with Crippen LogP contribution in [0, 0.1) is 5.82 Å². The Hall–Kier alpha value is -3.42. The van der Waals surface area contributed by atoms with Gasteiger partial charge >= 0.3 is 5.97 Å². The lowest BCUT2D eigenvalue weighted by Gasteiger charge is -2.15. The van der Waals surface area contributed by atoms with Crippen molar-refractivity contribution in [2.24, 2.45) is 5.73 Å². The van der Waals surface area contributed by atoms with E-state index in [1.165, 1.54) is 17.4 Å². The molecule has 0 bridgehead atoms. The van der Waals surface area contributed by atoms with Gasteiger partial charge in [0.2, 0.25) is 0 Å². The molecule has 0 fully saturated rings. The molecule has 4 aromatic rings. The van der Waals surface area contributed by atoms with Gasteiger partial charge in [0.1, 0.15) is 27.2 Å². The number of aliphatic carboxylic acids is 1. The fraction of sp³-hybridized carbons (Fsp3) is 0.125. The van der Waals surface area contributed by atoms with Gasteiger partial charge < -0.3 is 10.8 Å². The first kappa shape index (κ1) is 19.5. The average Bonchev–Trinajstić information content (AvgIpc) is 3.47. The van der Waals surface area contributed by atoms with Gasteiger partial charge in [0.05, 0.1) is 11.1 Å². The van der Waals surface area contributed by atoms with Crippen molar-refractivity contribution in [3.63, 3.8) is 0 Å². The third-order valence-corrected chi connectivity index (χ3v) is 6.47. The Morgan fingerprint density at radius 2 is 1.87 bits per heavy atom. The smallest absolute Gasteiger partial charge is 0.320 e. The van der Waals surface area contributed by atoms with Crippen molar-refractivity contribution >= 4 is 27.7 Å². The summed E-state index contributed by atoms with van der Waals surface area (Å²) in [4.78, 5) is 21.1. The van der Waals surface area contributed by atoms with Crippen LogP contribution in [0.5, 0.6) is 0 Å². The summed E-state index contributed by atoms with van der Waals surface area (Å²) in [7, 11) is 0. The first-order chi connectivity index (χ1) is 15.0. The molecular weight excluding hydrogens is 413 g/mol. The Bertz CT molecular complexity index is 1330. The quantitative estimate of drug-likeness (QED) is 0.444. The first-order valence-electron chi connectivity index (χ1n) is 9.77. The van der Waals surface area contributed by atoms with E-state index in [0.717, 1.165) is 16.1 Å². The first-order valence-corrected chi connectivity index (χ1v) is 10.6. The van der Waals surface area contributed by atoms with E-state index in [-0.39, 0.29) is 11.8 Å². The molecule has 2 heterocycles. The van der Waals surface area contributed by atoms with Crippen molar-refractivity contribution < 1.29 is 14.3 Å². The number of carboxylic acid groups (broad SMARTS) is 1. The molecule has 1 aliphatic rings. The van der Waals surface area contributed by atoms with Gasteiger partial charge in [-0.25, -0.2) is 14.4 Å². The Morgan fingerprint density at radius 1 is 1.10 bits per heavy atom. The molecule has 3 N–H and O–H groups in total. The van der Waals surface area contributed by atoms with Gasteiger partial charge in [0, 0.05) is 5.56 Å². The minimum atomic E-state index is -1.11. The second kappa shape index (κ2) is 7.37. The molecule has 1 aliphatic carbocycles. The average molecular weight is 431 g/mol. The Balaban J connectivity index is 1.47. The van der Waals surface area contributed by atoms with E-state index in [4.69, 9.17) is 15.8 Å². The second-order valence-electron chi connectivity index (χ2n) is 7.57. The highest BCUT2D eigenvalue weighted by molar-refractivity contribution is 7.21. The van der Waals surface area contributed by atoms with Crippen LogP contribution < -0.4 is 5.73 Å². The molecule has 0 spiro atoms. The summed E-state index contributed by atoms with van der Waals surface area (Å²) in [6.07, 6.45) is 4.31. The van der Waals surface area contributed by atoms with E-state index in [9.17, 15) is 9.18 Å². The molecule has 2 aromatic heterocycles. The fourth-order valence-electron chi connectivity index (χ4n) is 3.67. The topological polar surface area (TPSA) is 89.1 Å². The highest BCUT2D eigenvalue weighted by Crippen LogP contribution is 2.45. The summed E-state index contributed by atoms with van der Waals surface area (Å²) in [6, 6.07) is 17.6. The number of aromatic nitrogens is 2. The molecule has 0 aliphatic heterocycles. The van der Waals surface area contributed by atoms with Gasteiger partial charge in [0.15, 0.2) is 0 Å². The van der Waals surface area contributed by atoms with Crippen LogP contribution in [0.25, 0.3) is 20.9 Å². The number of hydrogen-bond acceptors (Lipinski definition) is 5. The minimum absolute atomic E-state index is 0.0614. The van der Waals surface area contributed by atoms with Crippen molar-refractivity contribution in [1.29, 1.82) is 0 Å². The van der Waals surface area contributed by atoms with Crippen LogP contribution in [0.15, 0.2) is 72.8 Å². The summed E-state index contributed by atoms with van der Waals surface area (Å²) < 4.78 is 14.8. The zero-order valence-corrected chi connectivity index (χ0v) is 17.1. The molecule has 0 amide bonds. The molecule has 1 atom stereocenters. The van der Waals surface area contributed by atoms with Gasteiger partial charge in [-0.15, -0.1) is 0 Å². The lowest BCUT2D eigenvalue weighted by molar-refractivity contribution is -0.138. The van der Waals surface area contributed by atoms with Gasteiger partial charge in [-0.1, -0.05) is 59.9 Å². The zero-order valence-electron chi connectivity index (χ0n) is 16.3. The Labute approximate surface area is 181 Å². The van der Waals surface area contributed by atoms with Crippen LogP contribution in [0.4, 0.5) is 4.39 Å². The maximum atomic E-state index is 14.8. The number of fused-ring (bicyclic) bond motifs is 1. The van der Waals surface area contributed by atoms with E-state index >= 15 is 0 Å². The molecule has 0 saturated heterocycles. The molecule has 5 rings (SSSR count). The van der Waals surface area contributed by atoms with Gasteiger partial charge in [-0.05, 0) is 41.8 Å². The number of hydrogen-bond donors (Lipinski definition) is 2. The number of nitrogens with two attached hydrogens (primary N) is 1. The van der Waals surface area contributed by atoms with E-state index in [1.807, 2.05) is 30.3 Å². The third kappa shape index (κ3) is 3.52. The molecule has 5 nitrogen and oxygen atoms in total. The van der Waals surface area contributed by atoms with Crippen molar-refractivity contribution in [1.82, 2.24) is 9.97 Å². The Morgan fingerprint density at radius 3 is 2.55 bits per heavy atom. The number of benzene rings is 2. The van der Waals surface area contributed by atoms with Crippen molar-refractivity contribution in [3.05, 3.63) is 95.5 Å². The summed E-state index contributed by atoms with van der Waals surface area (Å²) >= 11 is 1.33. The second-order valence-corrected chi connectivity index (χ2v) is 8.55. The van der Waals surface area contributed by atoms with Gasteiger partial charge in [-0.3, -0.25) is 4.79 Å². The Kier molecular flexibility index (Phi) is 4.64. The summed E-state index contributed by atoms with van der Waals surface area (Å²) in [5.41, 5.74) is 8.95. The molecule has 0 radical (unpaired) electrons. The van der Waals surface area contributed by atoms with Gasteiger partial charge in [0.25, 0.3) is 0 Å². The number of carboxylic acids is 1. The molecule has 154 valence electrons. The van der Waals surface area contributed by atoms with E-state index in [0.29, 0.717) is 21.7 Å². The standard InChI is InChI=1S/C24H18FN3O2S/c25-17-12-14(13-18(26)23(29)30)6-7-16(17)21-27-19-8-9-20(28-22(19)31-21)24(10-11-24)15-4-2-1-3-5-15/h1-12,18H,13,26H2,(H,29,30)/t18-/m1/s1. The molecule has 7 heteroatoms. The largest absolute Gasteiger partial charge is 0.480 e. The number of pyridine rings is 1. The number of thiazole rings is 1. The number of allylic oxidation sites excluding steroid dienone is 2. The third-order valence-electron chi connectivity index (χ3n) is 5.47. The van der Waals surface area contributed by atoms with Crippen LogP contribution in [0.1, 0.15) is 16.8 Å². The predicted octanol–water partition coefficient (Wildman–Crippen LogP) is 4.31. The summed E-state index contributed by atoms with van der Waals surface area (Å²) in [5, 5.41) is 9.48. The maximum Gasteiger partial charge on any atom is 0.320 e. The zero-order chi connectivity index (χ0) is 21.6. The van der Waals surface area contributed by atoms with E-state index < -0.39 is 17.8 Å². The van der Waals surface area contributed by atoms with Crippen LogP contribution in [-0.2, 0) is 16.6 Å². The predicted molar refractivity (Wildman–Crippen MR) is 118 cm³/mol. The van der Waals surface area contributed by atoms with Crippen molar-refractivity contribution in [3.8, 4) is 10.6 Å². The molecule has 2 aromatic carbocycles. The van der Waals surface area contributed by atoms with Crippen molar-refractivity contribution in [2.45, 2.75) is 17.9 Å². The maximum absolute atomic E-state index is 14.8. The molecule has 31 heavy (non-hydrogen) atoms. The fourth-order valence-corrected chi connectivity index (χ4v) is 4.64. The number of halogens is 1. The lowest BCUT2D eigenvalue weighted by Crippen LogP contribution is -2.32. The monoisotopic (exact) mass is 431 g/mol. The lowest BCUT2D eigenvalue weighted by atomic mass is 9.89. The van der Waals surface area contributed by atoms with Gasteiger partial charge in [-0.2, -0.15) is 0 Å².